The van der Waals surface area contributed by atoms with Crippen LogP contribution in [0.1, 0.15) is 27.6 Å². The molecular weight excluding hydrogens is 410 g/mol. The number of ether oxygens (including phenoxy) is 1. The minimum atomic E-state index is -0.986. The predicted octanol–water partition coefficient (Wildman–Crippen LogP) is 1.62. The Kier molecular flexibility index (Phi) is 7.11. The summed E-state index contributed by atoms with van der Waals surface area (Å²) in [4.78, 5) is 43.9. The molecule has 1 N–H and O–H groups in total. The van der Waals surface area contributed by atoms with Crippen molar-refractivity contribution in [1.29, 1.82) is 0 Å². The second-order valence-electron chi connectivity index (χ2n) is 6.80. The molecule has 3 rings (SSSR count). The van der Waals surface area contributed by atoms with Gasteiger partial charge in [-0.25, -0.2) is 18.6 Å². The molecule has 2 heterocycles. The lowest BCUT2D eigenvalue weighted by molar-refractivity contribution is -0.130. The molecule has 2 aromatic rings. The summed E-state index contributed by atoms with van der Waals surface area (Å²) >= 11 is 0. The van der Waals surface area contributed by atoms with Crippen LogP contribution in [0.15, 0.2) is 36.5 Å². The molecular formula is C21H22F2N4O4. The number of amides is 2. The molecule has 8 nitrogen and oxygen atoms in total. The molecule has 1 aliphatic rings. The van der Waals surface area contributed by atoms with Crippen molar-refractivity contribution < 1.29 is 27.9 Å². The summed E-state index contributed by atoms with van der Waals surface area (Å²) in [5, 5.41) is 2.36. The molecule has 1 aliphatic heterocycles. The van der Waals surface area contributed by atoms with Crippen LogP contribution in [0, 0.1) is 11.6 Å². The number of piperazine rings is 1. The molecule has 0 spiro atoms. The van der Waals surface area contributed by atoms with E-state index in [1.54, 1.807) is 24.0 Å². The Morgan fingerprint density at radius 2 is 1.84 bits per heavy atom. The van der Waals surface area contributed by atoms with Gasteiger partial charge in [-0.15, -0.1) is 0 Å². The van der Waals surface area contributed by atoms with E-state index in [1.165, 1.54) is 6.20 Å². The van der Waals surface area contributed by atoms with Crippen LogP contribution in [0.3, 0.4) is 0 Å². The van der Waals surface area contributed by atoms with Crippen molar-refractivity contribution in [3.8, 4) is 0 Å². The molecule has 0 aliphatic carbocycles. The van der Waals surface area contributed by atoms with Gasteiger partial charge in [0, 0.05) is 38.4 Å². The highest BCUT2D eigenvalue weighted by Gasteiger charge is 2.23. The Balaban J connectivity index is 1.48. The Bertz CT molecular complexity index is 960. The Labute approximate surface area is 177 Å². The molecule has 164 valence electrons. The molecule has 0 bridgehead atoms. The highest BCUT2D eigenvalue weighted by Crippen LogP contribution is 2.15. The number of benzene rings is 1. The standard InChI is InChI=1S/C21H22F2N4O4/c1-2-31-21(30)14-3-6-18(24-12-14)26-7-9-27(10-8-26)19(28)13-25-20(29)16-5-4-15(22)11-17(16)23/h3-6,11-12H,2,7-10,13H2,1H3,(H,25,29). The molecule has 31 heavy (non-hydrogen) atoms. The molecule has 0 unspecified atom stereocenters. The number of nitrogens with zero attached hydrogens (tertiary/aromatic N) is 3. The van der Waals surface area contributed by atoms with Crippen LogP contribution >= 0.6 is 0 Å². The van der Waals surface area contributed by atoms with Gasteiger partial charge in [0.15, 0.2) is 0 Å². The second-order valence-corrected chi connectivity index (χ2v) is 6.80. The maximum atomic E-state index is 13.7. The van der Waals surface area contributed by atoms with Crippen molar-refractivity contribution in [2.45, 2.75) is 6.92 Å². The van der Waals surface area contributed by atoms with E-state index in [0.29, 0.717) is 43.6 Å². The van der Waals surface area contributed by atoms with Crippen LogP contribution in [0.5, 0.6) is 0 Å². The molecule has 1 fully saturated rings. The van der Waals surface area contributed by atoms with E-state index in [-0.39, 0.29) is 24.6 Å². The lowest BCUT2D eigenvalue weighted by Gasteiger charge is -2.35. The molecule has 1 aromatic carbocycles. The van der Waals surface area contributed by atoms with E-state index in [1.807, 2.05) is 4.90 Å². The predicted molar refractivity (Wildman–Crippen MR) is 108 cm³/mol. The number of halogens is 2. The number of nitrogens with one attached hydrogen (secondary N) is 1. The fourth-order valence-electron chi connectivity index (χ4n) is 3.13. The third-order valence-electron chi connectivity index (χ3n) is 4.79. The van der Waals surface area contributed by atoms with Crippen molar-refractivity contribution in [3.05, 3.63) is 59.3 Å². The summed E-state index contributed by atoms with van der Waals surface area (Å²) in [6, 6.07) is 5.99. The first-order valence-corrected chi connectivity index (χ1v) is 9.78. The van der Waals surface area contributed by atoms with Gasteiger partial charge in [0.25, 0.3) is 5.91 Å². The molecule has 1 saturated heterocycles. The number of hydrogen-bond donors (Lipinski definition) is 1. The third kappa shape index (κ3) is 5.53. The van der Waals surface area contributed by atoms with Crippen LogP contribution < -0.4 is 10.2 Å². The van der Waals surface area contributed by atoms with Crippen molar-refractivity contribution >= 4 is 23.6 Å². The number of carbonyl (C=O) groups is 3. The van der Waals surface area contributed by atoms with E-state index in [4.69, 9.17) is 4.74 Å². The van der Waals surface area contributed by atoms with Crippen molar-refractivity contribution in [3.63, 3.8) is 0 Å². The smallest absolute Gasteiger partial charge is 0.339 e. The number of aromatic nitrogens is 1. The molecule has 0 atom stereocenters. The van der Waals surface area contributed by atoms with E-state index in [9.17, 15) is 23.2 Å². The number of anilines is 1. The second kappa shape index (κ2) is 9.96. The van der Waals surface area contributed by atoms with E-state index in [0.717, 1.165) is 12.1 Å². The van der Waals surface area contributed by atoms with Gasteiger partial charge in [0.05, 0.1) is 24.3 Å². The highest BCUT2D eigenvalue weighted by atomic mass is 19.1. The zero-order valence-corrected chi connectivity index (χ0v) is 16.9. The van der Waals surface area contributed by atoms with Gasteiger partial charge in [0.2, 0.25) is 5.91 Å². The van der Waals surface area contributed by atoms with Gasteiger partial charge in [0.1, 0.15) is 17.5 Å². The minimum absolute atomic E-state index is 0.288. The first-order chi connectivity index (χ1) is 14.9. The van der Waals surface area contributed by atoms with Gasteiger partial charge in [-0.1, -0.05) is 0 Å². The van der Waals surface area contributed by atoms with Gasteiger partial charge >= 0.3 is 5.97 Å². The first kappa shape index (κ1) is 22.1. The molecule has 2 amide bonds. The average Bonchev–Trinajstić information content (AvgIpc) is 2.77. The lowest BCUT2D eigenvalue weighted by Crippen LogP contribution is -2.51. The highest BCUT2D eigenvalue weighted by molar-refractivity contribution is 5.96. The monoisotopic (exact) mass is 432 g/mol. The molecule has 1 aromatic heterocycles. The zero-order valence-electron chi connectivity index (χ0n) is 16.9. The number of pyridine rings is 1. The normalized spacial score (nSPS) is 13.6. The SMILES string of the molecule is CCOC(=O)c1ccc(N2CCN(C(=O)CNC(=O)c3ccc(F)cc3F)CC2)nc1. The lowest BCUT2D eigenvalue weighted by atomic mass is 10.2. The largest absolute Gasteiger partial charge is 0.462 e. The summed E-state index contributed by atoms with van der Waals surface area (Å²) < 4.78 is 31.5. The van der Waals surface area contributed by atoms with Gasteiger partial charge in [-0.3, -0.25) is 9.59 Å². The fourth-order valence-corrected chi connectivity index (χ4v) is 3.13. The van der Waals surface area contributed by atoms with Crippen LogP contribution in [0.2, 0.25) is 0 Å². The molecule has 0 radical (unpaired) electrons. The number of esters is 1. The van der Waals surface area contributed by atoms with Crippen molar-refractivity contribution in [1.82, 2.24) is 15.2 Å². The molecule has 10 heteroatoms. The average molecular weight is 432 g/mol. The van der Waals surface area contributed by atoms with E-state index >= 15 is 0 Å². The van der Waals surface area contributed by atoms with Crippen LogP contribution in [0.25, 0.3) is 0 Å². The van der Waals surface area contributed by atoms with E-state index < -0.39 is 23.5 Å². The summed E-state index contributed by atoms with van der Waals surface area (Å²) in [5.74, 6) is -2.61. The maximum absolute atomic E-state index is 13.7. The summed E-state index contributed by atoms with van der Waals surface area (Å²) in [6.07, 6.45) is 1.45. The van der Waals surface area contributed by atoms with Crippen LogP contribution in [0.4, 0.5) is 14.6 Å². The number of rotatable bonds is 6. The summed E-state index contributed by atoms with van der Waals surface area (Å²) in [7, 11) is 0. The quantitative estimate of drug-likeness (QED) is 0.698. The number of hydrogen-bond acceptors (Lipinski definition) is 6. The third-order valence-corrected chi connectivity index (χ3v) is 4.79. The van der Waals surface area contributed by atoms with Crippen LogP contribution in [-0.4, -0.2) is 67.0 Å². The van der Waals surface area contributed by atoms with Gasteiger partial charge < -0.3 is 19.9 Å². The van der Waals surface area contributed by atoms with Gasteiger partial charge in [-0.05, 0) is 31.2 Å². The summed E-state index contributed by atoms with van der Waals surface area (Å²) in [6.45, 7) is 3.61. The van der Waals surface area contributed by atoms with Crippen LogP contribution in [-0.2, 0) is 9.53 Å². The van der Waals surface area contributed by atoms with Crippen molar-refractivity contribution in [2.75, 3.05) is 44.2 Å². The van der Waals surface area contributed by atoms with Crippen molar-refractivity contribution in [2.24, 2.45) is 0 Å². The number of carbonyl (C=O) groups excluding carboxylic acids is 3. The van der Waals surface area contributed by atoms with E-state index in [2.05, 4.69) is 10.3 Å². The minimum Gasteiger partial charge on any atom is -0.462 e. The Morgan fingerprint density at radius 3 is 2.45 bits per heavy atom. The topological polar surface area (TPSA) is 91.8 Å². The fraction of sp³-hybridized carbons (Fsp3) is 0.333. The Hall–Kier alpha value is -3.56. The maximum Gasteiger partial charge on any atom is 0.339 e. The Morgan fingerprint density at radius 1 is 1.10 bits per heavy atom. The summed E-state index contributed by atoms with van der Waals surface area (Å²) in [5.41, 5.74) is 0.0455. The molecule has 0 saturated carbocycles. The first-order valence-electron chi connectivity index (χ1n) is 9.78. The zero-order chi connectivity index (χ0) is 22.4. The van der Waals surface area contributed by atoms with Gasteiger partial charge in [-0.2, -0.15) is 0 Å².